The Kier molecular flexibility index (Phi) is 8.95. The van der Waals surface area contributed by atoms with Gasteiger partial charge in [-0.05, 0) is 59.9 Å². The predicted molar refractivity (Wildman–Crippen MR) is 129 cm³/mol. The highest BCUT2D eigenvalue weighted by molar-refractivity contribution is 5.78. The minimum atomic E-state index is -4.43. The zero-order valence-corrected chi connectivity index (χ0v) is 19.7. The highest BCUT2D eigenvalue weighted by Gasteiger charge is 2.30. The van der Waals surface area contributed by atoms with Crippen molar-refractivity contribution in [1.82, 2.24) is 10.6 Å². The number of aliphatic hydroxyl groups excluding tert-OH is 1. The molecule has 0 aromatic heterocycles. The Morgan fingerprint density at radius 1 is 0.917 bits per heavy atom. The zero-order valence-electron chi connectivity index (χ0n) is 19.7. The Morgan fingerprint density at radius 2 is 1.56 bits per heavy atom. The Balaban J connectivity index is 1.49. The summed E-state index contributed by atoms with van der Waals surface area (Å²) in [7, 11) is 0. The lowest BCUT2D eigenvalue weighted by Crippen LogP contribution is -2.32. The molecule has 0 saturated heterocycles. The molecule has 9 heteroatoms. The second kappa shape index (κ2) is 11.9. The fourth-order valence-electron chi connectivity index (χ4n) is 3.84. The van der Waals surface area contributed by atoms with Crippen molar-refractivity contribution in [2.75, 3.05) is 6.54 Å². The summed E-state index contributed by atoms with van der Waals surface area (Å²) in [6.45, 7) is 2.16. The monoisotopic (exact) mass is 502 g/mol. The number of aromatic hydroxyl groups is 2. The van der Waals surface area contributed by atoms with Crippen molar-refractivity contribution in [1.29, 1.82) is 0 Å². The summed E-state index contributed by atoms with van der Waals surface area (Å²) in [5.41, 5.74) is 1.76. The number of nitrogens with one attached hydrogen (secondary N) is 2. The van der Waals surface area contributed by atoms with Crippen LogP contribution in [-0.2, 0) is 30.4 Å². The van der Waals surface area contributed by atoms with E-state index >= 15 is 0 Å². The summed E-state index contributed by atoms with van der Waals surface area (Å²) in [6.07, 6.45) is -4.64. The van der Waals surface area contributed by atoms with Gasteiger partial charge < -0.3 is 26.0 Å². The van der Waals surface area contributed by atoms with E-state index in [1.54, 1.807) is 0 Å². The van der Waals surface area contributed by atoms with E-state index in [1.807, 2.05) is 31.2 Å². The van der Waals surface area contributed by atoms with Crippen LogP contribution in [0.5, 0.6) is 11.5 Å². The Hall–Kier alpha value is -3.56. The average molecular weight is 503 g/mol. The van der Waals surface area contributed by atoms with E-state index < -0.39 is 17.8 Å². The highest BCUT2D eigenvalue weighted by Crippen LogP contribution is 2.29. The van der Waals surface area contributed by atoms with Gasteiger partial charge in [0, 0.05) is 25.2 Å². The lowest BCUT2D eigenvalue weighted by atomic mass is 10.0. The van der Waals surface area contributed by atoms with E-state index in [0.29, 0.717) is 17.5 Å². The number of benzene rings is 3. The van der Waals surface area contributed by atoms with Crippen molar-refractivity contribution in [2.45, 2.75) is 44.6 Å². The molecule has 3 aromatic carbocycles. The van der Waals surface area contributed by atoms with E-state index in [0.717, 1.165) is 23.3 Å². The molecule has 3 aromatic rings. The molecule has 0 unspecified atom stereocenters. The standard InChI is InChI=1S/C27H29F3N2O4/c1-17(31-16-25(35)21-12-23(33)14-24(34)13-21)8-18-4-2-5-19(9-18)11-26(36)32-15-20-6-3-7-22(10-20)27(28,29)30/h2-7,9-10,12-14,17,25,31,33-35H,8,11,15-16H2,1H3,(H,32,36)/t17-,25+/m1/s1. The number of halogens is 3. The molecule has 0 fully saturated rings. The van der Waals surface area contributed by atoms with Gasteiger partial charge in [-0.25, -0.2) is 0 Å². The third kappa shape index (κ3) is 8.28. The van der Waals surface area contributed by atoms with Gasteiger partial charge in [0.2, 0.25) is 5.91 Å². The third-order valence-corrected chi connectivity index (χ3v) is 5.61. The summed E-state index contributed by atoms with van der Waals surface area (Å²) >= 11 is 0. The van der Waals surface area contributed by atoms with Crippen molar-refractivity contribution >= 4 is 5.91 Å². The van der Waals surface area contributed by atoms with Gasteiger partial charge >= 0.3 is 6.18 Å². The SMILES string of the molecule is C[C@H](Cc1cccc(CC(=O)NCc2cccc(C(F)(F)F)c2)c1)NC[C@H](O)c1cc(O)cc(O)c1. The molecule has 0 radical (unpaired) electrons. The normalized spacial score (nSPS) is 13.2. The lowest BCUT2D eigenvalue weighted by molar-refractivity contribution is -0.137. The number of amides is 1. The molecular formula is C27H29F3N2O4. The molecule has 2 atom stereocenters. The number of carbonyl (C=O) groups excluding carboxylic acids is 1. The van der Waals surface area contributed by atoms with Gasteiger partial charge in [-0.2, -0.15) is 13.2 Å². The molecule has 0 spiro atoms. The summed E-state index contributed by atoms with van der Waals surface area (Å²) in [5.74, 6) is -0.561. The number of alkyl halides is 3. The molecule has 1 amide bonds. The van der Waals surface area contributed by atoms with Crippen LogP contribution in [0.25, 0.3) is 0 Å². The van der Waals surface area contributed by atoms with Gasteiger partial charge in [0.15, 0.2) is 0 Å². The number of hydrogen-bond acceptors (Lipinski definition) is 5. The Bertz CT molecular complexity index is 1160. The van der Waals surface area contributed by atoms with Gasteiger partial charge in [-0.3, -0.25) is 4.79 Å². The molecule has 0 heterocycles. The van der Waals surface area contributed by atoms with E-state index in [2.05, 4.69) is 10.6 Å². The Labute approximate surface area is 207 Å². The summed E-state index contributed by atoms with van der Waals surface area (Å²) in [4.78, 5) is 12.4. The first-order valence-electron chi connectivity index (χ1n) is 11.4. The van der Waals surface area contributed by atoms with Crippen LogP contribution in [0.15, 0.2) is 66.7 Å². The minimum absolute atomic E-state index is 0.00267. The van der Waals surface area contributed by atoms with Crippen molar-refractivity contribution in [3.05, 3.63) is 94.5 Å². The molecule has 0 bridgehead atoms. The minimum Gasteiger partial charge on any atom is -0.508 e. The fraction of sp³-hybridized carbons (Fsp3) is 0.296. The van der Waals surface area contributed by atoms with Gasteiger partial charge in [0.1, 0.15) is 11.5 Å². The zero-order chi connectivity index (χ0) is 26.3. The first kappa shape index (κ1) is 27.0. The van der Waals surface area contributed by atoms with Crippen molar-refractivity contribution < 1.29 is 33.3 Å². The van der Waals surface area contributed by atoms with Gasteiger partial charge in [-0.15, -0.1) is 0 Å². The predicted octanol–water partition coefficient (Wildman–Crippen LogP) is 4.23. The molecule has 6 nitrogen and oxygen atoms in total. The number of phenols is 2. The van der Waals surface area contributed by atoms with Crippen LogP contribution in [0.2, 0.25) is 0 Å². The Morgan fingerprint density at radius 3 is 2.25 bits per heavy atom. The van der Waals surface area contributed by atoms with Crippen molar-refractivity contribution in [3.63, 3.8) is 0 Å². The second-order valence-electron chi connectivity index (χ2n) is 8.78. The van der Waals surface area contributed by atoms with Crippen LogP contribution < -0.4 is 10.6 Å². The molecule has 192 valence electrons. The number of carbonyl (C=O) groups is 1. The molecule has 36 heavy (non-hydrogen) atoms. The van der Waals surface area contributed by atoms with E-state index in [1.165, 1.54) is 30.3 Å². The first-order chi connectivity index (χ1) is 17.0. The smallest absolute Gasteiger partial charge is 0.416 e. The highest BCUT2D eigenvalue weighted by atomic mass is 19.4. The van der Waals surface area contributed by atoms with Crippen LogP contribution in [0.3, 0.4) is 0 Å². The van der Waals surface area contributed by atoms with Crippen LogP contribution in [0.1, 0.15) is 40.8 Å². The lowest BCUT2D eigenvalue weighted by Gasteiger charge is -2.18. The number of rotatable bonds is 10. The number of phenolic OH excluding ortho intramolecular Hbond substituents is 2. The molecule has 0 aliphatic heterocycles. The summed E-state index contributed by atoms with van der Waals surface area (Å²) in [6, 6.07) is 16.3. The molecule has 3 rings (SSSR count). The maximum absolute atomic E-state index is 12.9. The topological polar surface area (TPSA) is 102 Å². The van der Waals surface area contributed by atoms with Crippen LogP contribution in [-0.4, -0.2) is 33.8 Å². The third-order valence-electron chi connectivity index (χ3n) is 5.61. The largest absolute Gasteiger partial charge is 0.508 e. The van der Waals surface area contributed by atoms with Gasteiger partial charge in [0.05, 0.1) is 18.1 Å². The number of aliphatic hydroxyl groups is 1. The molecule has 0 aliphatic rings. The quantitative estimate of drug-likeness (QED) is 0.286. The molecule has 5 N–H and O–H groups in total. The maximum atomic E-state index is 12.9. The first-order valence-corrected chi connectivity index (χ1v) is 11.4. The van der Waals surface area contributed by atoms with Crippen LogP contribution in [0.4, 0.5) is 13.2 Å². The summed E-state index contributed by atoms with van der Waals surface area (Å²) in [5, 5.41) is 35.3. The molecular weight excluding hydrogens is 473 g/mol. The van der Waals surface area contributed by atoms with Gasteiger partial charge in [0.25, 0.3) is 0 Å². The molecule has 0 saturated carbocycles. The van der Waals surface area contributed by atoms with Crippen LogP contribution in [0, 0.1) is 0 Å². The second-order valence-corrected chi connectivity index (χ2v) is 8.78. The van der Waals surface area contributed by atoms with Crippen molar-refractivity contribution in [2.24, 2.45) is 0 Å². The number of hydrogen-bond donors (Lipinski definition) is 5. The van der Waals surface area contributed by atoms with E-state index in [9.17, 15) is 33.3 Å². The van der Waals surface area contributed by atoms with Gasteiger partial charge in [-0.1, -0.05) is 36.4 Å². The average Bonchev–Trinajstić information content (AvgIpc) is 2.80. The maximum Gasteiger partial charge on any atom is 0.416 e. The van der Waals surface area contributed by atoms with E-state index in [-0.39, 0.29) is 43.0 Å². The van der Waals surface area contributed by atoms with Crippen LogP contribution >= 0.6 is 0 Å². The molecule has 0 aliphatic carbocycles. The van der Waals surface area contributed by atoms with E-state index in [4.69, 9.17) is 0 Å². The fourth-order valence-corrected chi connectivity index (χ4v) is 3.84. The van der Waals surface area contributed by atoms with Crippen molar-refractivity contribution in [3.8, 4) is 11.5 Å². The summed E-state index contributed by atoms with van der Waals surface area (Å²) < 4.78 is 38.6.